The van der Waals surface area contributed by atoms with Crippen LogP contribution in [0.2, 0.25) is 0 Å². The van der Waals surface area contributed by atoms with Gasteiger partial charge in [0.05, 0.1) is 0 Å². The third-order valence-electron chi connectivity index (χ3n) is 9.08. The first-order valence-electron chi connectivity index (χ1n) is 6.86. The number of hydrogen-bond acceptors (Lipinski definition) is 0. The Labute approximate surface area is 84.4 Å². The van der Waals surface area contributed by atoms with Gasteiger partial charge in [0.2, 0.25) is 0 Å². The molecule has 0 N–H and O–H groups in total. The predicted molar refractivity (Wildman–Crippen MR) is 51.3 cm³/mol. The van der Waals surface area contributed by atoms with Gasteiger partial charge in [0, 0.05) is 0 Å². The third-order valence-corrected chi connectivity index (χ3v) is 9.08. The first-order chi connectivity index (χ1) is 6.86. The van der Waals surface area contributed by atoms with Crippen molar-refractivity contribution in [2.75, 3.05) is 0 Å². The van der Waals surface area contributed by atoms with Gasteiger partial charge in [-0.1, -0.05) is 0 Å². The lowest BCUT2D eigenvalue weighted by Crippen LogP contribution is -2.72. The maximum absolute atomic E-state index is 1.73. The van der Waals surface area contributed by atoms with Crippen LogP contribution in [0.25, 0.3) is 0 Å². The van der Waals surface area contributed by atoms with Gasteiger partial charge >= 0.3 is 0 Å². The standard InChI is InChI=1S/C14H16/c1-2-12-3-6(1)14(12)5-8(12)13-4-7-9(13)11(13)10(7)14/h6-11H,1-5H2. The highest BCUT2D eigenvalue weighted by Gasteiger charge is 3.03. The minimum absolute atomic E-state index is 0.999. The molecule has 0 heteroatoms. The number of hydrogen-bond donors (Lipinski definition) is 0. The molecule has 4 bridgehead atoms. The molecule has 8 aliphatic rings. The number of rotatable bonds is 0. The minimum Gasteiger partial charge on any atom is -0.0493 e. The van der Waals surface area contributed by atoms with E-state index in [4.69, 9.17) is 0 Å². The van der Waals surface area contributed by atoms with Crippen molar-refractivity contribution in [3.63, 3.8) is 0 Å². The van der Waals surface area contributed by atoms with Crippen molar-refractivity contribution >= 4 is 0 Å². The highest BCUT2D eigenvalue weighted by Crippen LogP contribution is 3.08. The van der Waals surface area contributed by atoms with Crippen molar-refractivity contribution in [3.05, 3.63) is 0 Å². The van der Waals surface area contributed by atoms with Crippen molar-refractivity contribution < 1.29 is 0 Å². The summed E-state index contributed by atoms with van der Waals surface area (Å²) in [5.74, 6) is 7.74. The molecule has 0 heterocycles. The summed E-state index contributed by atoms with van der Waals surface area (Å²) in [5.41, 5.74) is 3.05. The zero-order chi connectivity index (χ0) is 8.50. The van der Waals surface area contributed by atoms with Crippen LogP contribution in [0.15, 0.2) is 0 Å². The molecule has 0 aromatic carbocycles. The molecular formula is C14H16. The molecule has 8 rings (SSSR count). The van der Waals surface area contributed by atoms with E-state index in [1.165, 1.54) is 35.5 Å². The van der Waals surface area contributed by atoms with Crippen molar-refractivity contribution in [2.45, 2.75) is 32.1 Å². The molecule has 8 aliphatic carbocycles. The van der Waals surface area contributed by atoms with E-state index in [1.807, 2.05) is 0 Å². The van der Waals surface area contributed by atoms with Gasteiger partial charge in [-0.05, 0) is 83.9 Å². The highest BCUT2D eigenvalue weighted by atomic mass is 15.1. The largest absolute Gasteiger partial charge is 0.0493 e. The zero-order valence-electron chi connectivity index (χ0n) is 8.50. The molecular weight excluding hydrogens is 168 g/mol. The third kappa shape index (κ3) is 0.227. The quantitative estimate of drug-likeness (QED) is 0.543. The zero-order valence-corrected chi connectivity index (χ0v) is 8.50. The van der Waals surface area contributed by atoms with Crippen LogP contribution in [-0.4, -0.2) is 0 Å². The van der Waals surface area contributed by atoms with Crippen LogP contribution in [0.3, 0.4) is 0 Å². The minimum atomic E-state index is 0.999. The lowest BCUT2D eigenvalue weighted by molar-refractivity contribution is -0.301. The fourth-order valence-electron chi connectivity index (χ4n) is 9.24. The smallest absolute Gasteiger partial charge is 0.0172 e. The molecule has 0 saturated heterocycles. The van der Waals surface area contributed by atoms with Gasteiger partial charge in [-0.25, -0.2) is 0 Å². The van der Waals surface area contributed by atoms with Crippen LogP contribution in [0, 0.1) is 51.8 Å². The molecule has 9 atom stereocenters. The molecule has 0 aliphatic heterocycles. The van der Waals surface area contributed by atoms with E-state index in [2.05, 4.69) is 0 Å². The van der Waals surface area contributed by atoms with Crippen LogP contribution in [0.1, 0.15) is 32.1 Å². The molecule has 8 saturated carbocycles. The van der Waals surface area contributed by atoms with Crippen LogP contribution < -0.4 is 0 Å². The number of fused-ring (bicyclic) bond motifs is 2. The average molecular weight is 184 g/mol. The van der Waals surface area contributed by atoms with E-state index >= 15 is 0 Å². The van der Waals surface area contributed by atoms with Crippen molar-refractivity contribution in [1.29, 1.82) is 0 Å². The molecule has 0 nitrogen and oxygen atoms in total. The molecule has 0 amide bonds. The molecule has 8 fully saturated rings. The summed E-state index contributed by atoms with van der Waals surface area (Å²) in [6, 6.07) is 0. The van der Waals surface area contributed by atoms with Crippen LogP contribution in [0.4, 0.5) is 0 Å². The van der Waals surface area contributed by atoms with Crippen LogP contribution in [-0.2, 0) is 0 Å². The normalized spacial score (nSPS) is 96.0. The van der Waals surface area contributed by atoms with Gasteiger partial charge in [-0.15, -0.1) is 0 Å². The SMILES string of the molecule is C1CC23CC1C21CC3C23CC4C2C3C41. The maximum atomic E-state index is 1.73. The Morgan fingerprint density at radius 2 is 1.93 bits per heavy atom. The topological polar surface area (TPSA) is 0 Å². The molecule has 0 radical (unpaired) electrons. The van der Waals surface area contributed by atoms with Gasteiger partial charge in [-0.2, -0.15) is 0 Å². The van der Waals surface area contributed by atoms with Crippen molar-refractivity contribution in [3.8, 4) is 0 Å². The van der Waals surface area contributed by atoms with Gasteiger partial charge in [0.15, 0.2) is 0 Å². The Kier molecular flexibility index (Phi) is 0.471. The Morgan fingerprint density at radius 1 is 0.929 bits per heavy atom. The fourth-order valence-corrected chi connectivity index (χ4v) is 9.24. The molecule has 14 heavy (non-hydrogen) atoms. The van der Waals surface area contributed by atoms with Crippen LogP contribution in [0.5, 0.6) is 0 Å². The molecule has 0 aromatic heterocycles. The summed E-state index contributed by atoms with van der Waals surface area (Å²) < 4.78 is 0. The van der Waals surface area contributed by atoms with Crippen molar-refractivity contribution in [2.24, 2.45) is 51.8 Å². The average Bonchev–Trinajstić information content (AvgIpc) is 2.57. The Balaban J connectivity index is 1.65. The van der Waals surface area contributed by atoms with Gasteiger partial charge < -0.3 is 0 Å². The van der Waals surface area contributed by atoms with Gasteiger partial charge in [-0.3, -0.25) is 0 Å². The molecule has 72 valence electrons. The van der Waals surface area contributed by atoms with Gasteiger partial charge in [0.25, 0.3) is 0 Å². The lowest BCUT2D eigenvalue weighted by atomic mass is 9.26. The van der Waals surface area contributed by atoms with E-state index < -0.39 is 0 Å². The van der Waals surface area contributed by atoms with Crippen LogP contribution >= 0.6 is 0 Å². The van der Waals surface area contributed by atoms with Gasteiger partial charge in [0.1, 0.15) is 0 Å². The summed E-state index contributed by atoms with van der Waals surface area (Å²) >= 11 is 0. The van der Waals surface area contributed by atoms with E-state index in [1.54, 1.807) is 32.1 Å². The molecule has 2 spiro atoms. The summed E-state index contributed by atoms with van der Waals surface area (Å²) in [4.78, 5) is 0. The Morgan fingerprint density at radius 3 is 2.79 bits per heavy atom. The van der Waals surface area contributed by atoms with E-state index in [0.29, 0.717) is 0 Å². The van der Waals surface area contributed by atoms with E-state index in [0.717, 1.165) is 16.2 Å². The lowest BCUT2D eigenvalue weighted by Gasteiger charge is -2.77. The second-order valence-electron chi connectivity index (χ2n) is 7.95. The summed E-state index contributed by atoms with van der Waals surface area (Å²) in [6.07, 6.45) is 8.46. The van der Waals surface area contributed by atoms with Crippen molar-refractivity contribution in [1.82, 2.24) is 0 Å². The second kappa shape index (κ2) is 1.11. The van der Waals surface area contributed by atoms with E-state index in [-0.39, 0.29) is 0 Å². The Hall–Kier alpha value is 0. The summed E-state index contributed by atoms with van der Waals surface area (Å²) in [7, 11) is 0. The predicted octanol–water partition coefficient (Wildman–Crippen LogP) is 2.69. The van der Waals surface area contributed by atoms with E-state index in [9.17, 15) is 0 Å². The highest BCUT2D eigenvalue weighted by molar-refractivity contribution is 5.50. The summed E-state index contributed by atoms with van der Waals surface area (Å²) in [6.45, 7) is 0. The maximum Gasteiger partial charge on any atom is -0.0172 e. The first-order valence-corrected chi connectivity index (χ1v) is 6.86. The second-order valence-corrected chi connectivity index (χ2v) is 7.95. The molecule has 0 aromatic rings. The summed E-state index contributed by atoms with van der Waals surface area (Å²) in [5, 5.41) is 0. The first kappa shape index (κ1) is 5.92. The fraction of sp³-hybridized carbons (Fsp3) is 1.00. The Bertz CT molecular complexity index is 435. The molecule has 9 unspecified atom stereocenters. The monoisotopic (exact) mass is 184 g/mol.